The molecule has 1 saturated heterocycles. The van der Waals surface area contributed by atoms with E-state index in [4.69, 9.17) is 14.2 Å². The first-order chi connectivity index (χ1) is 14.6. The van der Waals surface area contributed by atoms with E-state index >= 15 is 0 Å². The van der Waals surface area contributed by atoms with Gasteiger partial charge in [-0.2, -0.15) is 0 Å². The lowest BCUT2D eigenvalue weighted by molar-refractivity contribution is 0.166. The van der Waals surface area contributed by atoms with E-state index in [1.165, 1.54) is 11.1 Å². The minimum absolute atomic E-state index is 0. The van der Waals surface area contributed by atoms with Gasteiger partial charge in [0.15, 0.2) is 5.96 Å². The summed E-state index contributed by atoms with van der Waals surface area (Å²) in [5.41, 5.74) is 3.52. The third-order valence-electron chi connectivity index (χ3n) is 5.08. The molecule has 0 bridgehead atoms. The number of hydrogen-bond donors (Lipinski definition) is 2. The van der Waals surface area contributed by atoms with Gasteiger partial charge < -0.3 is 24.8 Å². The van der Waals surface area contributed by atoms with Crippen LogP contribution in [0.15, 0.2) is 47.5 Å². The van der Waals surface area contributed by atoms with Crippen molar-refractivity contribution in [1.82, 2.24) is 10.6 Å². The number of hydrogen-bond acceptors (Lipinski definition) is 4. The Kier molecular flexibility index (Phi) is 10.9. The Bertz CT molecular complexity index is 821. The maximum absolute atomic E-state index is 6.12. The summed E-state index contributed by atoms with van der Waals surface area (Å²) < 4.78 is 17.3. The monoisotopic (exact) mass is 539 g/mol. The average Bonchev–Trinajstić information content (AvgIpc) is 3.27. The lowest BCUT2D eigenvalue weighted by Gasteiger charge is -2.17. The van der Waals surface area contributed by atoms with Crippen LogP contribution in [0.4, 0.5) is 0 Å². The van der Waals surface area contributed by atoms with Crippen LogP contribution in [0.5, 0.6) is 11.5 Å². The van der Waals surface area contributed by atoms with Gasteiger partial charge in [-0.15, -0.1) is 24.0 Å². The van der Waals surface area contributed by atoms with Crippen LogP contribution in [-0.4, -0.2) is 46.0 Å². The van der Waals surface area contributed by atoms with Crippen LogP contribution in [0.3, 0.4) is 0 Å². The van der Waals surface area contributed by atoms with Crippen LogP contribution in [0.25, 0.3) is 0 Å². The smallest absolute Gasteiger partial charge is 0.191 e. The van der Waals surface area contributed by atoms with Crippen LogP contribution >= 0.6 is 24.0 Å². The fraction of sp³-hybridized carbons (Fsp3) is 0.458. The van der Waals surface area contributed by atoms with Crippen LogP contribution in [0.1, 0.15) is 23.1 Å². The number of guanidine groups is 1. The van der Waals surface area contributed by atoms with E-state index in [1.807, 2.05) is 24.3 Å². The van der Waals surface area contributed by atoms with Gasteiger partial charge >= 0.3 is 0 Å². The summed E-state index contributed by atoms with van der Waals surface area (Å²) >= 11 is 0. The molecule has 1 fully saturated rings. The number of rotatable bonds is 9. The zero-order valence-electron chi connectivity index (χ0n) is 18.6. The van der Waals surface area contributed by atoms with Crippen LogP contribution in [0.2, 0.25) is 0 Å². The maximum atomic E-state index is 6.12. The van der Waals surface area contributed by atoms with E-state index in [9.17, 15) is 0 Å². The van der Waals surface area contributed by atoms with Crippen LogP contribution in [-0.2, 0) is 11.3 Å². The normalized spacial score (nSPS) is 15.8. The Morgan fingerprint density at radius 1 is 1.06 bits per heavy atom. The first-order valence-corrected chi connectivity index (χ1v) is 10.6. The summed E-state index contributed by atoms with van der Waals surface area (Å²) in [4.78, 5) is 4.30. The second-order valence-electron chi connectivity index (χ2n) is 7.67. The molecule has 1 unspecified atom stereocenters. The minimum Gasteiger partial charge on any atom is -0.493 e. The van der Waals surface area contributed by atoms with Crippen molar-refractivity contribution in [2.75, 3.05) is 40.0 Å². The fourth-order valence-electron chi connectivity index (χ4n) is 3.24. The molecule has 6 nitrogen and oxygen atoms in total. The molecule has 170 valence electrons. The highest BCUT2D eigenvalue weighted by atomic mass is 127. The van der Waals surface area contributed by atoms with Gasteiger partial charge in [-0.1, -0.05) is 29.8 Å². The molecule has 0 radical (unpaired) electrons. The fourth-order valence-corrected chi connectivity index (χ4v) is 3.24. The van der Waals surface area contributed by atoms with E-state index in [2.05, 4.69) is 47.7 Å². The summed E-state index contributed by atoms with van der Waals surface area (Å²) in [5, 5.41) is 6.64. The number of aliphatic imine (C=N–C) groups is 1. The van der Waals surface area contributed by atoms with Crippen molar-refractivity contribution in [2.24, 2.45) is 10.9 Å². The predicted molar refractivity (Wildman–Crippen MR) is 136 cm³/mol. The van der Waals surface area contributed by atoms with E-state index in [-0.39, 0.29) is 24.0 Å². The largest absolute Gasteiger partial charge is 0.493 e. The third kappa shape index (κ3) is 8.57. The Labute approximate surface area is 202 Å². The van der Waals surface area contributed by atoms with Gasteiger partial charge in [-0.3, -0.25) is 4.99 Å². The zero-order valence-corrected chi connectivity index (χ0v) is 21.0. The molecule has 0 amide bonds. The van der Waals surface area contributed by atoms with Gasteiger partial charge in [0.25, 0.3) is 0 Å². The Hall–Kier alpha value is -2.00. The van der Waals surface area contributed by atoms with Gasteiger partial charge in [0.2, 0.25) is 0 Å². The Morgan fingerprint density at radius 3 is 2.55 bits per heavy atom. The second-order valence-corrected chi connectivity index (χ2v) is 7.67. The predicted octanol–water partition coefficient (Wildman–Crippen LogP) is 4.08. The quantitative estimate of drug-likeness (QED) is 0.218. The van der Waals surface area contributed by atoms with Crippen LogP contribution < -0.4 is 20.1 Å². The van der Waals surface area contributed by atoms with Crippen molar-refractivity contribution in [2.45, 2.75) is 26.8 Å². The Morgan fingerprint density at radius 2 is 1.84 bits per heavy atom. The summed E-state index contributed by atoms with van der Waals surface area (Å²) in [6.07, 6.45) is 1.07. The molecule has 1 aliphatic rings. The molecule has 0 aromatic heterocycles. The molecule has 2 aromatic rings. The number of aryl methyl sites for hydroxylation is 2. The summed E-state index contributed by atoms with van der Waals surface area (Å²) in [6, 6.07) is 14.4. The Balaban J connectivity index is 0.00000341. The van der Waals surface area contributed by atoms with E-state index in [1.54, 1.807) is 7.05 Å². The van der Waals surface area contributed by atoms with Crippen molar-refractivity contribution in [1.29, 1.82) is 0 Å². The molecular formula is C24H34IN3O3. The summed E-state index contributed by atoms with van der Waals surface area (Å²) in [6.45, 7) is 8.33. The molecule has 0 aliphatic carbocycles. The van der Waals surface area contributed by atoms with Gasteiger partial charge in [-0.25, -0.2) is 0 Å². The molecule has 7 heteroatoms. The average molecular weight is 539 g/mol. The van der Waals surface area contributed by atoms with Gasteiger partial charge in [-0.05, 0) is 44.0 Å². The summed E-state index contributed by atoms with van der Waals surface area (Å²) in [5.74, 6) is 3.01. The molecule has 2 aromatic carbocycles. The maximum Gasteiger partial charge on any atom is 0.191 e. The highest BCUT2D eigenvalue weighted by Crippen LogP contribution is 2.22. The number of halogens is 1. The molecule has 31 heavy (non-hydrogen) atoms. The second kappa shape index (κ2) is 13.4. The van der Waals surface area contributed by atoms with Crippen molar-refractivity contribution in [3.8, 4) is 11.5 Å². The number of nitrogens with zero attached hydrogens (tertiary/aromatic N) is 1. The van der Waals surface area contributed by atoms with Crippen molar-refractivity contribution in [3.63, 3.8) is 0 Å². The van der Waals surface area contributed by atoms with Crippen molar-refractivity contribution < 1.29 is 14.2 Å². The number of ether oxygens (including phenoxy) is 3. The number of nitrogens with one attached hydrogen (secondary N) is 2. The van der Waals surface area contributed by atoms with Crippen molar-refractivity contribution >= 4 is 29.9 Å². The highest BCUT2D eigenvalue weighted by molar-refractivity contribution is 14.0. The first-order valence-electron chi connectivity index (χ1n) is 10.6. The van der Waals surface area contributed by atoms with Gasteiger partial charge in [0, 0.05) is 31.7 Å². The standard InChI is InChI=1S/C24H33N3O3.HI/c1-18-5-8-22(9-6-18)29-13-11-26-24(25-3)27-15-21-7-4-19(2)14-23(21)30-17-20-10-12-28-16-20;/h4-9,14,20H,10-13,15-17H2,1-3H3,(H2,25,26,27);1H. The van der Waals surface area contributed by atoms with Gasteiger partial charge in [0.1, 0.15) is 18.1 Å². The molecular weight excluding hydrogens is 505 g/mol. The zero-order chi connectivity index (χ0) is 21.2. The molecule has 2 N–H and O–H groups in total. The van der Waals surface area contributed by atoms with Crippen molar-refractivity contribution in [3.05, 3.63) is 59.2 Å². The van der Waals surface area contributed by atoms with E-state index in [0.29, 0.717) is 32.2 Å². The highest BCUT2D eigenvalue weighted by Gasteiger charge is 2.17. The molecule has 1 aliphatic heterocycles. The van der Waals surface area contributed by atoms with E-state index < -0.39 is 0 Å². The number of benzene rings is 2. The topological polar surface area (TPSA) is 64.1 Å². The molecule has 0 saturated carbocycles. The molecule has 1 atom stereocenters. The lowest BCUT2D eigenvalue weighted by Crippen LogP contribution is -2.39. The SMILES string of the molecule is CN=C(NCCOc1ccc(C)cc1)NCc1ccc(C)cc1OCC1CCOC1.I. The first kappa shape index (κ1) is 25.3. The minimum atomic E-state index is 0. The molecule has 1 heterocycles. The van der Waals surface area contributed by atoms with E-state index in [0.717, 1.165) is 42.7 Å². The molecule has 0 spiro atoms. The lowest BCUT2D eigenvalue weighted by atomic mass is 10.1. The summed E-state index contributed by atoms with van der Waals surface area (Å²) in [7, 11) is 1.77. The van der Waals surface area contributed by atoms with Gasteiger partial charge in [0.05, 0.1) is 19.8 Å². The molecule has 3 rings (SSSR count). The third-order valence-corrected chi connectivity index (χ3v) is 5.08. The van der Waals surface area contributed by atoms with Crippen LogP contribution in [0, 0.1) is 19.8 Å².